The number of benzene rings is 2. The first-order valence-corrected chi connectivity index (χ1v) is 8.09. The first kappa shape index (κ1) is 16.6. The zero-order chi connectivity index (χ0) is 16.9. The van der Waals surface area contributed by atoms with E-state index in [-0.39, 0.29) is 5.91 Å². The minimum absolute atomic E-state index is 0.132. The monoisotopic (exact) mass is 360 g/mol. The summed E-state index contributed by atoms with van der Waals surface area (Å²) in [5.41, 5.74) is 2.44. The van der Waals surface area contributed by atoms with Gasteiger partial charge in [-0.15, -0.1) is 0 Å². The fourth-order valence-electron chi connectivity index (χ4n) is 2.32. The molecule has 1 amide bonds. The van der Waals surface area contributed by atoms with E-state index in [4.69, 9.17) is 27.6 Å². The van der Waals surface area contributed by atoms with Gasteiger partial charge in [-0.2, -0.15) is 0 Å². The Morgan fingerprint density at radius 1 is 1.08 bits per heavy atom. The number of nitrogens with zero attached hydrogens (tertiary/aromatic N) is 1. The Labute approximate surface area is 149 Å². The molecule has 0 spiro atoms. The second-order valence-electron chi connectivity index (χ2n) is 5.23. The Hall–Kier alpha value is -2.30. The van der Waals surface area contributed by atoms with Crippen molar-refractivity contribution in [3.05, 3.63) is 76.2 Å². The maximum Gasteiger partial charge on any atom is 0.251 e. The molecule has 3 rings (SSSR count). The number of rotatable bonds is 5. The fraction of sp³-hybridized carbons (Fsp3) is 0.111. The van der Waals surface area contributed by atoms with Crippen LogP contribution in [0.4, 0.5) is 0 Å². The third kappa shape index (κ3) is 4.16. The van der Waals surface area contributed by atoms with Gasteiger partial charge in [-0.1, -0.05) is 35.3 Å². The number of halogens is 2. The third-order valence-corrected chi connectivity index (χ3v) is 3.92. The van der Waals surface area contributed by atoms with Crippen molar-refractivity contribution in [1.82, 2.24) is 10.3 Å². The van der Waals surface area contributed by atoms with Crippen LogP contribution in [0.5, 0.6) is 0 Å². The molecule has 1 heterocycles. The van der Waals surface area contributed by atoms with Gasteiger partial charge in [-0.05, 0) is 42.3 Å². The minimum atomic E-state index is -0.132. The lowest BCUT2D eigenvalue weighted by atomic mass is 10.1. The van der Waals surface area contributed by atoms with Crippen LogP contribution in [-0.4, -0.2) is 17.4 Å². The highest BCUT2D eigenvalue weighted by Gasteiger charge is 2.07. The summed E-state index contributed by atoms with van der Waals surface area (Å²) in [6.07, 6.45) is 3.66. The second-order valence-corrected chi connectivity index (χ2v) is 6.10. The van der Waals surface area contributed by atoms with Gasteiger partial charge in [0.2, 0.25) is 0 Å². The van der Waals surface area contributed by atoms with Crippen molar-refractivity contribution < 1.29 is 9.21 Å². The molecule has 0 saturated carbocycles. The van der Waals surface area contributed by atoms with E-state index >= 15 is 0 Å². The molecule has 0 bridgehead atoms. The molecule has 3 aromatic rings. The van der Waals surface area contributed by atoms with E-state index in [0.29, 0.717) is 34.3 Å². The summed E-state index contributed by atoms with van der Waals surface area (Å²) >= 11 is 11.9. The predicted octanol–water partition coefficient (Wildman–Crippen LogP) is 4.62. The van der Waals surface area contributed by atoms with Crippen molar-refractivity contribution in [2.75, 3.05) is 6.54 Å². The van der Waals surface area contributed by atoms with Crippen LogP contribution in [0.2, 0.25) is 10.0 Å². The molecule has 0 unspecified atom stereocenters. The quantitative estimate of drug-likeness (QED) is 0.721. The number of aromatic nitrogens is 1. The van der Waals surface area contributed by atoms with Crippen LogP contribution in [0, 0.1) is 0 Å². The van der Waals surface area contributed by atoms with Gasteiger partial charge in [0.15, 0.2) is 12.2 Å². The van der Waals surface area contributed by atoms with Crippen LogP contribution < -0.4 is 5.32 Å². The highest BCUT2D eigenvalue weighted by atomic mass is 35.5. The van der Waals surface area contributed by atoms with Gasteiger partial charge in [-0.25, -0.2) is 4.98 Å². The Kier molecular flexibility index (Phi) is 5.18. The van der Waals surface area contributed by atoms with E-state index in [1.165, 1.54) is 6.39 Å². The standard InChI is InChI=1S/C18H14Cl2N2O2/c19-15-7-12(8-16(20)9-15)5-6-22-18(23)14-3-1-13(2-4-14)17-10-21-11-24-17/h1-4,7-11H,5-6H2,(H,22,23). The van der Waals surface area contributed by atoms with E-state index < -0.39 is 0 Å². The molecule has 0 radical (unpaired) electrons. The van der Waals surface area contributed by atoms with Crippen LogP contribution in [0.25, 0.3) is 11.3 Å². The van der Waals surface area contributed by atoms with E-state index in [1.54, 1.807) is 24.4 Å². The lowest BCUT2D eigenvalue weighted by molar-refractivity contribution is 0.0954. The first-order valence-electron chi connectivity index (χ1n) is 7.34. The molecular weight excluding hydrogens is 347 g/mol. The van der Waals surface area contributed by atoms with Crippen molar-refractivity contribution in [3.8, 4) is 11.3 Å². The Morgan fingerprint density at radius 2 is 1.79 bits per heavy atom. The molecular formula is C18H14Cl2N2O2. The van der Waals surface area contributed by atoms with E-state index in [2.05, 4.69) is 10.3 Å². The minimum Gasteiger partial charge on any atom is -0.444 e. The number of hydrogen-bond acceptors (Lipinski definition) is 3. The van der Waals surface area contributed by atoms with Gasteiger partial charge in [0.25, 0.3) is 5.91 Å². The van der Waals surface area contributed by atoms with Gasteiger partial charge in [0.1, 0.15) is 0 Å². The van der Waals surface area contributed by atoms with Crippen molar-refractivity contribution in [3.63, 3.8) is 0 Å². The SMILES string of the molecule is O=C(NCCc1cc(Cl)cc(Cl)c1)c1ccc(-c2cnco2)cc1. The van der Waals surface area contributed by atoms with Crippen molar-refractivity contribution in [2.45, 2.75) is 6.42 Å². The second kappa shape index (κ2) is 7.51. The molecule has 4 nitrogen and oxygen atoms in total. The molecule has 1 aromatic heterocycles. The molecule has 1 N–H and O–H groups in total. The Bertz CT molecular complexity index is 810. The third-order valence-electron chi connectivity index (χ3n) is 3.49. The molecule has 24 heavy (non-hydrogen) atoms. The summed E-state index contributed by atoms with van der Waals surface area (Å²) < 4.78 is 5.22. The van der Waals surface area contributed by atoms with Crippen molar-refractivity contribution >= 4 is 29.1 Å². The summed E-state index contributed by atoms with van der Waals surface area (Å²) in [6.45, 7) is 0.499. The molecule has 2 aromatic carbocycles. The van der Waals surface area contributed by atoms with E-state index in [9.17, 15) is 4.79 Å². The smallest absolute Gasteiger partial charge is 0.251 e. The van der Waals surface area contributed by atoms with Crippen molar-refractivity contribution in [2.24, 2.45) is 0 Å². The first-order chi connectivity index (χ1) is 11.6. The number of nitrogens with one attached hydrogen (secondary N) is 1. The molecule has 0 fully saturated rings. The molecule has 122 valence electrons. The topological polar surface area (TPSA) is 55.1 Å². The number of carbonyl (C=O) groups is 1. The number of hydrogen-bond donors (Lipinski definition) is 1. The lowest BCUT2D eigenvalue weighted by Crippen LogP contribution is -2.25. The molecule has 0 aliphatic carbocycles. The van der Waals surface area contributed by atoms with Crippen molar-refractivity contribution in [1.29, 1.82) is 0 Å². The average molecular weight is 361 g/mol. The lowest BCUT2D eigenvalue weighted by Gasteiger charge is -2.07. The summed E-state index contributed by atoms with van der Waals surface area (Å²) in [4.78, 5) is 16.0. The van der Waals surface area contributed by atoms with Crippen LogP contribution in [-0.2, 0) is 6.42 Å². The highest BCUT2D eigenvalue weighted by Crippen LogP contribution is 2.20. The average Bonchev–Trinajstić information content (AvgIpc) is 3.08. The van der Waals surface area contributed by atoms with Gasteiger partial charge in [-0.3, -0.25) is 4.79 Å². The number of amides is 1. The fourth-order valence-corrected chi connectivity index (χ4v) is 2.89. The highest BCUT2D eigenvalue weighted by molar-refractivity contribution is 6.34. The largest absolute Gasteiger partial charge is 0.444 e. The van der Waals surface area contributed by atoms with Crippen LogP contribution in [0.1, 0.15) is 15.9 Å². The van der Waals surface area contributed by atoms with E-state index in [1.807, 2.05) is 24.3 Å². The molecule has 0 aliphatic heterocycles. The van der Waals surface area contributed by atoms with Crippen LogP contribution in [0.3, 0.4) is 0 Å². The summed E-state index contributed by atoms with van der Waals surface area (Å²) in [5.74, 6) is 0.534. The maximum absolute atomic E-state index is 12.2. The zero-order valence-electron chi connectivity index (χ0n) is 12.6. The normalized spacial score (nSPS) is 10.6. The number of oxazole rings is 1. The Morgan fingerprint density at radius 3 is 2.42 bits per heavy atom. The number of carbonyl (C=O) groups excluding carboxylic acids is 1. The summed E-state index contributed by atoms with van der Waals surface area (Å²) in [6, 6.07) is 12.5. The van der Waals surface area contributed by atoms with E-state index in [0.717, 1.165) is 11.1 Å². The van der Waals surface area contributed by atoms with Gasteiger partial charge < -0.3 is 9.73 Å². The zero-order valence-corrected chi connectivity index (χ0v) is 14.1. The summed E-state index contributed by atoms with van der Waals surface area (Å²) in [7, 11) is 0. The molecule has 0 saturated heterocycles. The molecule has 0 aliphatic rings. The Balaban J connectivity index is 1.57. The molecule has 6 heteroatoms. The summed E-state index contributed by atoms with van der Waals surface area (Å²) in [5, 5.41) is 4.06. The van der Waals surface area contributed by atoms with Gasteiger partial charge >= 0.3 is 0 Å². The van der Waals surface area contributed by atoms with Crippen LogP contribution >= 0.6 is 23.2 Å². The van der Waals surface area contributed by atoms with Crippen LogP contribution in [0.15, 0.2) is 59.5 Å². The van der Waals surface area contributed by atoms with Gasteiger partial charge in [0, 0.05) is 27.7 Å². The predicted molar refractivity (Wildman–Crippen MR) is 94.4 cm³/mol. The van der Waals surface area contributed by atoms with Gasteiger partial charge in [0.05, 0.1) is 6.20 Å². The molecule has 0 atom stereocenters. The maximum atomic E-state index is 12.2.